The molecule has 0 radical (unpaired) electrons. The van der Waals surface area contributed by atoms with Crippen molar-refractivity contribution in [3.63, 3.8) is 0 Å². The fraction of sp³-hybridized carbons (Fsp3) is 0.222. The molecule has 0 unspecified atom stereocenters. The summed E-state index contributed by atoms with van der Waals surface area (Å²) in [6.45, 7) is 12.4. The lowest BCUT2D eigenvalue weighted by molar-refractivity contribution is 0.521. The smallest absolute Gasteiger partial charge is 0.190 e. The Labute approximate surface area is 273 Å². The number of amidine groups is 1. The molecule has 46 heavy (non-hydrogen) atoms. The minimum absolute atomic E-state index is 0. The highest BCUT2D eigenvalue weighted by molar-refractivity contribution is 5.92. The van der Waals surface area contributed by atoms with Crippen LogP contribution in [0.25, 0.3) is 0 Å². The Balaban J connectivity index is 0.000000512. The molecule has 1 aliphatic rings. The average molecular weight is 622 g/mol. The average Bonchev–Trinajstić information content (AvgIpc) is 3.87. The number of aromatic nitrogens is 7. The van der Waals surface area contributed by atoms with Gasteiger partial charge in [-0.15, -0.1) is 0 Å². The number of hydrogen-bond acceptors (Lipinski definition) is 9. The summed E-state index contributed by atoms with van der Waals surface area (Å²) in [6.07, 6.45) is 15.4. The van der Waals surface area contributed by atoms with Gasteiger partial charge < -0.3 is 4.42 Å². The Morgan fingerprint density at radius 1 is 0.630 bits per heavy atom. The van der Waals surface area contributed by atoms with Gasteiger partial charge in [0.15, 0.2) is 5.89 Å². The van der Waals surface area contributed by atoms with Crippen LogP contribution in [0.1, 0.15) is 42.9 Å². The first-order chi connectivity index (χ1) is 21.9. The third-order valence-corrected chi connectivity index (χ3v) is 4.91. The highest BCUT2D eigenvalue weighted by Gasteiger charge is 1.87. The van der Waals surface area contributed by atoms with Crippen LogP contribution in [0, 0.1) is 34.6 Å². The molecule has 0 saturated heterocycles. The molecule has 0 atom stereocenters. The van der Waals surface area contributed by atoms with Crippen LogP contribution in [0.4, 0.5) is 0 Å². The number of oxazole rings is 1. The van der Waals surface area contributed by atoms with E-state index in [1.54, 1.807) is 50.4 Å². The van der Waals surface area contributed by atoms with Crippen molar-refractivity contribution in [3.05, 3.63) is 157 Å². The Morgan fingerprint density at radius 2 is 1.33 bits per heavy atom. The molecular formula is C36H47N9O. The fourth-order valence-corrected chi connectivity index (χ4v) is 2.66. The molecule has 10 nitrogen and oxygen atoms in total. The highest BCUT2D eigenvalue weighted by Crippen LogP contribution is 1.90. The van der Waals surface area contributed by atoms with Crippen LogP contribution in [-0.2, 0) is 0 Å². The molecule has 0 bridgehead atoms. The monoisotopic (exact) mass is 621 g/mol. The van der Waals surface area contributed by atoms with Gasteiger partial charge in [-0.25, -0.2) is 15.0 Å². The van der Waals surface area contributed by atoms with E-state index in [9.17, 15) is 0 Å². The molecule has 10 heteroatoms. The normalized spacial score (nSPS) is 9.74. The lowest BCUT2D eigenvalue weighted by atomic mass is 10.3. The van der Waals surface area contributed by atoms with E-state index in [1.807, 2.05) is 120 Å². The van der Waals surface area contributed by atoms with Crippen LogP contribution >= 0.6 is 0 Å². The second kappa shape index (κ2) is 28.1. The van der Waals surface area contributed by atoms with Crippen LogP contribution in [0.5, 0.6) is 0 Å². The molecule has 6 aromatic rings. The summed E-state index contributed by atoms with van der Waals surface area (Å²) in [5.41, 5.74) is 3.54. The third-order valence-electron chi connectivity index (χ3n) is 4.91. The number of benzene rings is 1. The second-order valence-corrected chi connectivity index (χ2v) is 9.00. The number of H-pyrrole nitrogens is 1. The topological polar surface area (TPSA) is 131 Å². The highest BCUT2D eigenvalue weighted by atomic mass is 16.3. The molecule has 0 aliphatic carbocycles. The Kier molecular flexibility index (Phi) is 24.7. The predicted octanol–water partition coefficient (Wildman–Crippen LogP) is 8.08. The van der Waals surface area contributed by atoms with Gasteiger partial charge in [-0.05, 0) is 76.1 Å². The molecule has 1 aliphatic heterocycles. The van der Waals surface area contributed by atoms with Gasteiger partial charge in [-0.2, -0.15) is 5.10 Å². The standard InChI is InChI=1S/3C6H7N.C6H6.C4H6N2.C4H5NO.C3H5N3.CH4/c1-6-2-4-7-5-3-6;1-6-3-2-4-7-5-6;1-6-4-2-3-5-7-6;1-2-4-6-5-3-1;2*1-4-5-2-3-6-4;1-3-4-2-5-6-3;/h3*2-5H,1H3;1-6H;2H,3H2,1H3;2-3H,1H3;2H,1H3,(H,4,5,6);1H4. The first kappa shape index (κ1) is 40.4. The number of aliphatic imine (C=N–C) groups is 2. The molecule has 0 saturated carbocycles. The maximum atomic E-state index is 4.72. The van der Waals surface area contributed by atoms with Gasteiger partial charge in [0.05, 0.1) is 12.7 Å². The van der Waals surface area contributed by atoms with Crippen molar-refractivity contribution in [2.75, 3.05) is 6.54 Å². The number of aromatic amines is 1. The first-order valence-electron chi connectivity index (χ1n) is 14.2. The van der Waals surface area contributed by atoms with Crippen LogP contribution in [-0.4, -0.2) is 53.7 Å². The summed E-state index contributed by atoms with van der Waals surface area (Å²) in [6, 6.07) is 25.7. The van der Waals surface area contributed by atoms with Crippen molar-refractivity contribution < 1.29 is 4.42 Å². The molecule has 5 aromatic heterocycles. The Bertz CT molecular complexity index is 1340. The van der Waals surface area contributed by atoms with Crippen molar-refractivity contribution in [3.8, 4) is 0 Å². The number of rotatable bonds is 0. The van der Waals surface area contributed by atoms with Gasteiger partial charge in [0, 0.05) is 49.8 Å². The van der Waals surface area contributed by atoms with Crippen molar-refractivity contribution in [2.45, 2.75) is 49.0 Å². The number of aryl methyl sites for hydroxylation is 5. The van der Waals surface area contributed by atoms with Gasteiger partial charge in [-0.1, -0.05) is 56.0 Å². The molecule has 1 aromatic carbocycles. The Morgan fingerprint density at radius 3 is 1.54 bits per heavy atom. The van der Waals surface area contributed by atoms with E-state index in [1.165, 1.54) is 17.5 Å². The number of nitrogens with zero attached hydrogens (tertiary/aromatic N) is 8. The lowest BCUT2D eigenvalue weighted by Crippen LogP contribution is -1.73. The molecular weight excluding hydrogens is 574 g/mol. The summed E-state index contributed by atoms with van der Waals surface area (Å²) in [4.78, 5) is 27.0. The van der Waals surface area contributed by atoms with E-state index < -0.39 is 0 Å². The minimum Gasteiger partial charge on any atom is -0.449 e. The molecule has 0 amide bonds. The maximum absolute atomic E-state index is 4.72. The maximum Gasteiger partial charge on any atom is 0.190 e. The summed E-state index contributed by atoms with van der Waals surface area (Å²) in [5, 5.41) is 6.22. The lowest BCUT2D eigenvalue weighted by Gasteiger charge is -1.82. The van der Waals surface area contributed by atoms with E-state index >= 15 is 0 Å². The van der Waals surface area contributed by atoms with E-state index in [-0.39, 0.29) is 7.43 Å². The van der Waals surface area contributed by atoms with Gasteiger partial charge in [-0.3, -0.25) is 25.0 Å². The summed E-state index contributed by atoms with van der Waals surface area (Å²) < 4.78 is 4.72. The molecule has 6 heterocycles. The molecule has 1 N–H and O–H groups in total. The summed E-state index contributed by atoms with van der Waals surface area (Å²) in [7, 11) is 0. The van der Waals surface area contributed by atoms with Crippen LogP contribution < -0.4 is 0 Å². The number of hydrogen-bond donors (Lipinski definition) is 1. The molecule has 0 spiro atoms. The SMILES string of the molecule is C.CC1=NCC=N1.Cc1ccccn1.Cc1cccnc1.Cc1ccncc1.Cc1ncco1.Cc1ncn[nH]1.c1ccccc1. The van der Waals surface area contributed by atoms with Crippen LogP contribution in [0.15, 0.2) is 143 Å². The summed E-state index contributed by atoms with van der Waals surface area (Å²) >= 11 is 0. The molecule has 7 rings (SSSR count). The third kappa shape index (κ3) is 26.0. The zero-order valence-corrected chi connectivity index (χ0v) is 26.9. The van der Waals surface area contributed by atoms with Crippen molar-refractivity contribution in [2.24, 2.45) is 9.98 Å². The first-order valence-corrected chi connectivity index (χ1v) is 14.2. The molecule has 242 valence electrons. The quantitative estimate of drug-likeness (QED) is 0.181. The van der Waals surface area contributed by atoms with Crippen molar-refractivity contribution in [1.82, 2.24) is 35.1 Å². The van der Waals surface area contributed by atoms with Gasteiger partial charge in [0.2, 0.25) is 0 Å². The number of pyridine rings is 3. The van der Waals surface area contributed by atoms with Crippen LogP contribution in [0.3, 0.4) is 0 Å². The Hall–Kier alpha value is -5.64. The van der Waals surface area contributed by atoms with Gasteiger partial charge in [0.1, 0.15) is 24.3 Å². The van der Waals surface area contributed by atoms with E-state index in [0.717, 1.165) is 29.8 Å². The van der Waals surface area contributed by atoms with Gasteiger partial charge >= 0.3 is 0 Å². The van der Waals surface area contributed by atoms with Crippen molar-refractivity contribution >= 4 is 12.1 Å². The van der Waals surface area contributed by atoms with E-state index in [2.05, 4.69) is 45.1 Å². The van der Waals surface area contributed by atoms with E-state index in [4.69, 9.17) is 4.42 Å². The van der Waals surface area contributed by atoms with Crippen molar-refractivity contribution in [1.29, 1.82) is 0 Å². The van der Waals surface area contributed by atoms with E-state index in [0.29, 0.717) is 0 Å². The largest absolute Gasteiger partial charge is 0.449 e. The van der Waals surface area contributed by atoms with Gasteiger partial charge in [0.25, 0.3) is 0 Å². The fourth-order valence-electron chi connectivity index (χ4n) is 2.66. The summed E-state index contributed by atoms with van der Waals surface area (Å²) in [5.74, 6) is 2.47. The second-order valence-electron chi connectivity index (χ2n) is 9.00. The van der Waals surface area contributed by atoms with Crippen LogP contribution in [0.2, 0.25) is 0 Å². The predicted molar refractivity (Wildman–Crippen MR) is 189 cm³/mol. The zero-order valence-electron chi connectivity index (χ0n) is 26.9. The minimum atomic E-state index is 0. The molecule has 0 fully saturated rings. The zero-order chi connectivity index (χ0) is 32.8. The number of nitrogens with one attached hydrogen (secondary N) is 1.